The zero-order valence-electron chi connectivity index (χ0n) is 18.1. The number of carbonyl (C=O) groups excluding carboxylic acids is 1. The summed E-state index contributed by atoms with van der Waals surface area (Å²) < 4.78 is 11.5. The van der Waals surface area contributed by atoms with Gasteiger partial charge < -0.3 is 25.2 Å². The molecule has 0 saturated heterocycles. The Bertz CT molecular complexity index is 1160. The van der Waals surface area contributed by atoms with E-state index in [4.69, 9.17) is 9.47 Å². The smallest absolute Gasteiger partial charge is 0.221 e. The number of methoxy groups -OCH3 is 1. The van der Waals surface area contributed by atoms with Crippen LogP contribution in [0.4, 0.5) is 11.4 Å². The minimum absolute atomic E-state index is 0.0885. The summed E-state index contributed by atoms with van der Waals surface area (Å²) in [6, 6.07) is 19.6. The van der Waals surface area contributed by atoms with Crippen LogP contribution in [0.25, 0.3) is 0 Å². The van der Waals surface area contributed by atoms with Crippen molar-refractivity contribution < 1.29 is 19.4 Å². The average Bonchev–Trinajstić information content (AvgIpc) is 3.21. The summed E-state index contributed by atoms with van der Waals surface area (Å²) in [4.78, 5) is 11.4. The molecule has 3 aromatic carbocycles. The molecule has 6 nitrogen and oxygen atoms in total. The highest BCUT2D eigenvalue weighted by molar-refractivity contribution is 5.88. The lowest BCUT2D eigenvalue weighted by atomic mass is 9.71. The van der Waals surface area contributed by atoms with Crippen LogP contribution in [-0.4, -0.2) is 31.3 Å². The van der Waals surface area contributed by atoms with E-state index in [9.17, 15) is 9.90 Å². The van der Waals surface area contributed by atoms with E-state index in [1.165, 1.54) is 12.5 Å². The molecule has 164 valence electrons. The van der Waals surface area contributed by atoms with Gasteiger partial charge in [-0.05, 0) is 35.4 Å². The fourth-order valence-corrected chi connectivity index (χ4v) is 5.02. The molecule has 2 aliphatic heterocycles. The molecule has 32 heavy (non-hydrogen) atoms. The van der Waals surface area contributed by atoms with Gasteiger partial charge in [-0.25, -0.2) is 0 Å². The fourth-order valence-electron chi connectivity index (χ4n) is 5.02. The normalized spacial score (nSPS) is 21.0. The lowest BCUT2D eigenvalue weighted by Crippen LogP contribution is -2.32. The van der Waals surface area contributed by atoms with Crippen LogP contribution in [0, 0.1) is 5.92 Å². The number of anilines is 2. The first-order valence-electron chi connectivity index (χ1n) is 10.8. The summed E-state index contributed by atoms with van der Waals surface area (Å²) in [6.45, 7) is 2.88. The summed E-state index contributed by atoms with van der Waals surface area (Å²) in [6.07, 6.45) is 0. The third-order valence-electron chi connectivity index (χ3n) is 6.47. The van der Waals surface area contributed by atoms with Crippen LogP contribution >= 0.6 is 0 Å². The van der Waals surface area contributed by atoms with Crippen molar-refractivity contribution in [1.82, 2.24) is 0 Å². The van der Waals surface area contributed by atoms with E-state index in [-0.39, 0.29) is 29.4 Å². The molecule has 2 heterocycles. The quantitative estimate of drug-likeness (QED) is 0.559. The molecule has 3 unspecified atom stereocenters. The van der Waals surface area contributed by atoms with Crippen LogP contribution in [0.3, 0.4) is 0 Å². The van der Waals surface area contributed by atoms with Gasteiger partial charge in [0.1, 0.15) is 17.2 Å². The maximum Gasteiger partial charge on any atom is 0.221 e. The first-order valence-corrected chi connectivity index (χ1v) is 10.8. The molecule has 6 heteroatoms. The number of hydrogen-bond acceptors (Lipinski definition) is 5. The van der Waals surface area contributed by atoms with Gasteiger partial charge in [0.2, 0.25) is 5.91 Å². The first kappa shape index (κ1) is 20.2. The van der Waals surface area contributed by atoms with Crippen molar-refractivity contribution in [2.24, 2.45) is 5.92 Å². The van der Waals surface area contributed by atoms with Crippen molar-refractivity contribution in [2.75, 3.05) is 30.9 Å². The Hall–Kier alpha value is -3.67. The lowest BCUT2D eigenvalue weighted by Gasteiger charge is -2.37. The van der Waals surface area contributed by atoms with Crippen molar-refractivity contribution >= 4 is 17.3 Å². The number of carbonyl (C=O) groups is 1. The number of phenolic OH excluding ortho intramolecular Hbond substituents is 1. The largest absolute Gasteiger partial charge is 0.508 e. The van der Waals surface area contributed by atoms with Crippen molar-refractivity contribution in [3.63, 3.8) is 0 Å². The fraction of sp³-hybridized carbons (Fsp3) is 0.269. The molecule has 1 amide bonds. The zero-order chi connectivity index (χ0) is 22.2. The number of nitrogens with one attached hydrogen (secondary N) is 2. The number of benzene rings is 3. The van der Waals surface area contributed by atoms with Gasteiger partial charge in [-0.3, -0.25) is 4.79 Å². The number of ether oxygens (including phenoxy) is 2. The maximum atomic E-state index is 11.4. The van der Waals surface area contributed by atoms with Crippen LogP contribution in [0.5, 0.6) is 17.2 Å². The second-order valence-electron chi connectivity index (χ2n) is 8.42. The van der Waals surface area contributed by atoms with Gasteiger partial charge in [-0.2, -0.15) is 0 Å². The highest BCUT2D eigenvalue weighted by Crippen LogP contribution is 2.50. The molecule has 0 radical (unpaired) electrons. The Morgan fingerprint density at radius 3 is 2.62 bits per heavy atom. The highest BCUT2D eigenvalue weighted by Gasteiger charge is 2.40. The van der Waals surface area contributed by atoms with E-state index < -0.39 is 0 Å². The molecule has 0 aliphatic carbocycles. The number of phenols is 1. The Morgan fingerprint density at radius 1 is 1.09 bits per heavy atom. The molecule has 0 bridgehead atoms. The molecular weight excluding hydrogens is 404 g/mol. The predicted molar refractivity (Wildman–Crippen MR) is 124 cm³/mol. The summed E-state index contributed by atoms with van der Waals surface area (Å²) in [5.74, 6) is 2.21. The molecule has 0 fully saturated rings. The van der Waals surface area contributed by atoms with Crippen LogP contribution in [0.1, 0.15) is 35.4 Å². The van der Waals surface area contributed by atoms with Gasteiger partial charge in [-0.1, -0.05) is 24.3 Å². The average molecular weight is 431 g/mol. The Balaban J connectivity index is 1.55. The van der Waals surface area contributed by atoms with Gasteiger partial charge in [-0.15, -0.1) is 0 Å². The molecule has 2 aliphatic rings. The SMILES string of the molecule is COc1ccc2c(c1)NCC2C1COc2cc(O)ccc2C1c1ccc(NC(C)=O)cc1. The number of rotatable bonds is 4. The first-order chi connectivity index (χ1) is 15.5. The monoisotopic (exact) mass is 430 g/mol. The van der Waals surface area contributed by atoms with Crippen LogP contribution in [-0.2, 0) is 4.79 Å². The van der Waals surface area contributed by atoms with E-state index in [1.54, 1.807) is 19.2 Å². The zero-order valence-corrected chi connectivity index (χ0v) is 18.1. The van der Waals surface area contributed by atoms with E-state index in [0.717, 1.165) is 40.5 Å². The minimum Gasteiger partial charge on any atom is -0.508 e. The summed E-state index contributed by atoms with van der Waals surface area (Å²) in [7, 11) is 1.68. The summed E-state index contributed by atoms with van der Waals surface area (Å²) in [5, 5.41) is 16.3. The van der Waals surface area contributed by atoms with E-state index >= 15 is 0 Å². The predicted octanol–water partition coefficient (Wildman–Crippen LogP) is 4.71. The van der Waals surface area contributed by atoms with Crippen LogP contribution in [0.2, 0.25) is 0 Å². The molecule has 0 saturated carbocycles. The topological polar surface area (TPSA) is 79.8 Å². The van der Waals surface area contributed by atoms with Crippen molar-refractivity contribution in [3.8, 4) is 17.2 Å². The molecule has 0 spiro atoms. The molecule has 5 rings (SSSR count). The number of hydrogen-bond donors (Lipinski definition) is 3. The lowest BCUT2D eigenvalue weighted by molar-refractivity contribution is -0.114. The molecule has 0 aromatic heterocycles. The van der Waals surface area contributed by atoms with Crippen molar-refractivity contribution in [2.45, 2.75) is 18.8 Å². The third-order valence-corrected chi connectivity index (χ3v) is 6.47. The highest BCUT2D eigenvalue weighted by atomic mass is 16.5. The number of aromatic hydroxyl groups is 1. The van der Waals surface area contributed by atoms with E-state index in [0.29, 0.717) is 6.61 Å². The minimum atomic E-state index is -0.0911. The Morgan fingerprint density at radius 2 is 1.88 bits per heavy atom. The van der Waals surface area contributed by atoms with Gasteiger partial charge in [0.25, 0.3) is 0 Å². The maximum absolute atomic E-state index is 11.4. The summed E-state index contributed by atoms with van der Waals surface area (Å²) >= 11 is 0. The van der Waals surface area contributed by atoms with Gasteiger partial charge >= 0.3 is 0 Å². The van der Waals surface area contributed by atoms with Crippen LogP contribution < -0.4 is 20.1 Å². The van der Waals surface area contributed by atoms with E-state index in [2.05, 4.69) is 28.8 Å². The number of amides is 1. The Labute approximate surface area is 187 Å². The van der Waals surface area contributed by atoms with Gasteiger partial charge in [0, 0.05) is 60.3 Å². The third kappa shape index (κ3) is 3.62. The standard InChI is InChI=1S/C26H26N2O4/c1-15(29)28-17-5-3-16(4-6-17)26-21-9-7-18(30)11-25(21)32-14-23(26)22-13-27-24-12-19(31-2)8-10-20(22)24/h3-12,22-23,26-27,30H,13-14H2,1-2H3,(H,28,29). The molecule has 3 atom stereocenters. The second kappa shape index (κ2) is 8.11. The molecule has 3 N–H and O–H groups in total. The summed E-state index contributed by atoms with van der Waals surface area (Å²) in [5.41, 5.74) is 5.36. The van der Waals surface area contributed by atoms with Crippen LogP contribution in [0.15, 0.2) is 60.7 Å². The van der Waals surface area contributed by atoms with Crippen molar-refractivity contribution in [3.05, 3.63) is 77.4 Å². The Kier molecular flexibility index (Phi) is 5.13. The second-order valence-corrected chi connectivity index (χ2v) is 8.42. The molecular formula is C26H26N2O4. The van der Waals surface area contributed by atoms with E-state index in [1.807, 2.05) is 30.3 Å². The van der Waals surface area contributed by atoms with Gasteiger partial charge in [0.15, 0.2) is 0 Å². The van der Waals surface area contributed by atoms with Crippen molar-refractivity contribution in [1.29, 1.82) is 0 Å². The van der Waals surface area contributed by atoms with Gasteiger partial charge in [0.05, 0.1) is 13.7 Å². The number of fused-ring (bicyclic) bond motifs is 2. The molecule has 3 aromatic rings.